The molecule has 23 heavy (non-hydrogen) atoms. The molecule has 4 nitrogen and oxygen atoms in total. The Morgan fingerprint density at radius 2 is 1.87 bits per heavy atom. The molecule has 2 aliphatic rings. The van der Waals surface area contributed by atoms with Crippen LogP contribution in [0.2, 0.25) is 10.0 Å². The Balaban J connectivity index is 1.95. The summed E-state index contributed by atoms with van der Waals surface area (Å²) in [5.41, 5.74) is 0.307. The second kappa shape index (κ2) is 6.19. The van der Waals surface area contributed by atoms with Crippen LogP contribution in [-0.2, 0) is 10.0 Å². The van der Waals surface area contributed by atoms with E-state index in [1.54, 1.807) is 13.0 Å². The van der Waals surface area contributed by atoms with Crippen molar-refractivity contribution >= 4 is 33.2 Å². The molecular formula is C16H21Cl2NO3S. The third-order valence-corrected chi connectivity index (χ3v) is 7.98. The van der Waals surface area contributed by atoms with Gasteiger partial charge in [0, 0.05) is 18.5 Å². The predicted molar refractivity (Wildman–Crippen MR) is 91.5 cm³/mol. The van der Waals surface area contributed by atoms with Gasteiger partial charge in [0.15, 0.2) is 0 Å². The van der Waals surface area contributed by atoms with Gasteiger partial charge in [0.05, 0.1) is 21.0 Å². The van der Waals surface area contributed by atoms with Crippen molar-refractivity contribution in [3.63, 3.8) is 0 Å². The molecule has 1 aromatic rings. The number of sulfonamides is 1. The van der Waals surface area contributed by atoms with Crippen molar-refractivity contribution < 1.29 is 13.5 Å². The lowest BCUT2D eigenvalue weighted by atomic mass is 9.77. The van der Waals surface area contributed by atoms with Crippen molar-refractivity contribution in [3.8, 4) is 0 Å². The van der Waals surface area contributed by atoms with Gasteiger partial charge in [-0.2, -0.15) is 4.31 Å². The van der Waals surface area contributed by atoms with Gasteiger partial charge in [0.1, 0.15) is 0 Å². The molecule has 1 spiro atoms. The second-order valence-electron chi connectivity index (χ2n) is 6.74. The molecular weight excluding hydrogens is 357 g/mol. The van der Waals surface area contributed by atoms with Crippen molar-refractivity contribution in [2.75, 3.05) is 13.1 Å². The number of aliphatic hydroxyl groups is 1. The minimum atomic E-state index is -3.64. The third kappa shape index (κ3) is 3.02. The maximum Gasteiger partial charge on any atom is 0.243 e. The summed E-state index contributed by atoms with van der Waals surface area (Å²) in [5, 5.41) is 10.9. The Hall–Kier alpha value is -0.330. The van der Waals surface area contributed by atoms with Crippen LogP contribution < -0.4 is 0 Å². The van der Waals surface area contributed by atoms with E-state index in [-0.39, 0.29) is 15.3 Å². The fraction of sp³-hybridized carbons (Fsp3) is 0.625. The smallest absolute Gasteiger partial charge is 0.243 e. The molecule has 2 fully saturated rings. The zero-order valence-electron chi connectivity index (χ0n) is 13.1. The fourth-order valence-electron chi connectivity index (χ4n) is 3.96. The van der Waals surface area contributed by atoms with E-state index in [9.17, 15) is 13.5 Å². The van der Waals surface area contributed by atoms with E-state index in [0.717, 1.165) is 32.1 Å². The fourth-order valence-corrected chi connectivity index (χ4v) is 6.22. The zero-order valence-corrected chi connectivity index (χ0v) is 15.4. The van der Waals surface area contributed by atoms with Gasteiger partial charge in [0.2, 0.25) is 10.0 Å². The first-order valence-electron chi connectivity index (χ1n) is 7.90. The van der Waals surface area contributed by atoms with Crippen molar-refractivity contribution in [1.29, 1.82) is 0 Å². The van der Waals surface area contributed by atoms with E-state index in [2.05, 4.69) is 0 Å². The van der Waals surface area contributed by atoms with Crippen LogP contribution in [-0.4, -0.2) is 37.0 Å². The summed E-state index contributed by atoms with van der Waals surface area (Å²) in [7, 11) is -3.64. The standard InChI is InChI=1S/C16H21Cl2NO3S/c1-11-8-12(17)13(18)9-14(11)23(21,22)19-7-3-6-16(10-19)5-2-4-15(16)20/h8-9,15,20H,2-7,10H2,1H3/t15-,16-/m1/s1. The lowest BCUT2D eigenvalue weighted by Gasteiger charge is -2.42. The number of nitrogens with zero attached hydrogens (tertiary/aromatic N) is 1. The molecule has 0 aromatic heterocycles. The topological polar surface area (TPSA) is 57.6 Å². The van der Waals surface area contributed by atoms with Crippen LogP contribution in [0.3, 0.4) is 0 Å². The Labute approximate surface area is 147 Å². The normalized spacial score (nSPS) is 29.3. The summed E-state index contributed by atoms with van der Waals surface area (Å²) in [4.78, 5) is 0.205. The Kier molecular flexibility index (Phi) is 4.71. The molecule has 128 valence electrons. The molecule has 1 N–H and O–H groups in total. The van der Waals surface area contributed by atoms with Crippen molar-refractivity contribution in [2.45, 2.75) is 50.0 Å². The first-order chi connectivity index (χ1) is 10.8. The minimum absolute atomic E-state index is 0.205. The molecule has 1 aliphatic heterocycles. The van der Waals surface area contributed by atoms with Gasteiger partial charge in [-0.15, -0.1) is 0 Å². The van der Waals surface area contributed by atoms with Gasteiger partial charge in [-0.05, 0) is 50.3 Å². The maximum atomic E-state index is 13.1. The summed E-state index contributed by atoms with van der Waals surface area (Å²) in [6, 6.07) is 3.02. The summed E-state index contributed by atoms with van der Waals surface area (Å²) < 4.78 is 27.6. The van der Waals surface area contributed by atoms with Crippen molar-refractivity contribution in [1.82, 2.24) is 4.31 Å². The quantitative estimate of drug-likeness (QED) is 0.855. The minimum Gasteiger partial charge on any atom is -0.392 e. The van der Waals surface area contributed by atoms with E-state index in [0.29, 0.717) is 23.7 Å². The lowest BCUT2D eigenvalue weighted by molar-refractivity contribution is 0.0127. The molecule has 7 heteroatoms. The van der Waals surface area contributed by atoms with Gasteiger partial charge >= 0.3 is 0 Å². The van der Waals surface area contributed by atoms with E-state index in [1.807, 2.05) is 0 Å². The van der Waals surface area contributed by atoms with Crippen LogP contribution >= 0.6 is 23.2 Å². The molecule has 0 radical (unpaired) electrons. The van der Waals surface area contributed by atoms with Crippen LogP contribution in [0.25, 0.3) is 0 Å². The van der Waals surface area contributed by atoms with Gasteiger partial charge < -0.3 is 5.11 Å². The molecule has 0 amide bonds. The largest absolute Gasteiger partial charge is 0.392 e. The Morgan fingerprint density at radius 1 is 1.22 bits per heavy atom. The van der Waals surface area contributed by atoms with Crippen LogP contribution in [0.5, 0.6) is 0 Å². The average molecular weight is 378 g/mol. The van der Waals surface area contributed by atoms with Gasteiger partial charge in [-0.3, -0.25) is 0 Å². The predicted octanol–water partition coefficient (Wildman–Crippen LogP) is 3.62. The molecule has 3 rings (SSSR count). The van der Waals surface area contributed by atoms with Crippen molar-refractivity contribution in [2.24, 2.45) is 5.41 Å². The van der Waals surface area contributed by atoms with Crippen molar-refractivity contribution in [3.05, 3.63) is 27.7 Å². The van der Waals surface area contributed by atoms with Crippen LogP contribution in [0, 0.1) is 12.3 Å². The van der Waals surface area contributed by atoms with Gasteiger partial charge in [-0.25, -0.2) is 8.42 Å². The van der Waals surface area contributed by atoms with Crippen LogP contribution in [0.4, 0.5) is 0 Å². The van der Waals surface area contributed by atoms with Gasteiger partial charge in [-0.1, -0.05) is 29.6 Å². The number of piperidine rings is 1. The molecule has 0 unspecified atom stereocenters. The molecule has 2 atom stereocenters. The molecule has 1 aromatic carbocycles. The molecule has 1 saturated carbocycles. The number of halogens is 2. The van der Waals surface area contributed by atoms with E-state index in [4.69, 9.17) is 23.2 Å². The summed E-state index contributed by atoms with van der Waals surface area (Å²) >= 11 is 12.0. The highest BCUT2D eigenvalue weighted by Gasteiger charge is 2.47. The SMILES string of the molecule is Cc1cc(Cl)c(Cl)cc1S(=O)(=O)N1CCC[C@]2(CCC[C@H]2O)C1. The maximum absolute atomic E-state index is 13.1. The van der Waals surface area contributed by atoms with Gasteiger partial charge in [0.25, 0.3) is 0 Å². The number of aliphatic hydroxyl groups excluding tert-OH is 1. The molecule has 1 heterocycles. The average Bonchev–Trinajstić information content (AvgIpc) is 2.83. The highest BCUT2D eigenvalue weighted by Crippen LogP contribution is 2.46. The number of hydrogen-bond donors (Lipinski definition) is 1. The van der Waals surface area contributed by atoms with E-state index >= 15 is 0 Å². The summed E-state index contributed by atoms with van der Waals surface area (Å²) in [5.74, 6) is 0. The lowest BCUT2D eigenvalue weighted by Crippen LogP contribution is -2.49. The molecule has 1 aliphatic carbocycles. The zero-order chi connectivity index (χ0) is 16.8. The van der Waals surface area contributed by atoms with E-state index < -0.39 is 16.1 Å². The molecule has 1 saturated heterocycles. The van der Waals surface area contributed by atoms with E-state index in [1.165, 1.54) is 10.4 Å². The highest BCUT2D eigenvalue weighted by molar-refractivity contribution is 7.89. The summed E-state index contributed by atoms with van der Waals surface area (Å²) in [6.45, 7) is 2.59. The Bertz CT molecular complexity index is 722. The second-order valence-corrected chi connectivity index (χ2v) is 9.47. The number of benzene rings is 1. The third-order valence-electron chi connectivity index (χ3n) is 5.27. The number of rotatable bonds is 2. The monoisotopic (exact) mass is 377 g/mol. The first kappa shape index (κ1) is 17.5. The number of aryl methyl sites for hydroxylation is 1. The summed E-state index contributed by atoms with van der Waals surface area (Å²) in [6.07, 6.45) is 3.87. The number of hydrogen-bond acceptors (Lipinski definition) is 3. The highest BCUT2D eigenvalue weighted by atomic mass is 35.5. The first-order valence-corrected chi connectivity index (χ1v) is 10.1. The Morgan fingerprint density at radius 3 is 2.52 bits per heavy atom. The van der Waals surface area contributed by atoms with Crippen LogP contribution in [0.1, 0.15) is 37.7 Å². The van der Waals surface area contributed by atoms with Crippen LogP contribution in [0.15, 0.2) is 17.0 Å². The molecule has 0 bridgehead atoms.